The number of carbonyl (C=O) groups excluding carboxylic acids is 1. The van der Waals surface area contributed by atoms with Gasteiger partial charge in [-0.3, -0.25) is 4.79 Å². The van der Waals surface area contributed by atoms with Crippen molar-refractivity contribution in [3.63, 3.8) is 0 Å². The molecule has 4 heteroatoms. The highest BCUT2D eigenvalue weighted by Gasteiger charge is 2.25. The van der Waals surface area contributed by atoms with Crippen molar-refractivity contribution in [2.24, 2.45) is 11.7 Å². The lowest BCUT2D eigenvalue weighted by molar-refractivity contribution is -0.122. The van der Waals surface area contributed by atoms with Gasteiger partial charge in [0.1, 0.15) is 0 Å². The van der Waals surface area contributed by atoms with E-state index in [0.29, 0.717) is 18.9 Å². The molecule has 0 aromatic heterocycles. The molecule has 2 atom stereocenters. The maximum absolute atomic E-state index is 11.8. The van der Waals surface area contributed by atoms with Crippen LogP contribution < -0.4 is 11.1 Å². The van der Waals surface area contributed by atoms with Gasteiger partial charge in [-0.25, -0.2) is 0 Å². The second-order valence-electron chi connectivity index (χ2n) is 4.82. The van der Waals surface area contributed by atoms with Crippen LogP contribution in [-0.2, 0) is 11.3 Å². The Morgan fingerprint density at radius 3 is 2.61 bits per heavy atom. The standard InChI is InChI=1S/C14H20N2O.ClH/c15-13-8-4-7-12(13)9-14(17)16-10-11-5-2-1-3-6-11;/h1-3,5-6,12-13H,4,7-10,15H2,(H,16,17);1H/t12-,13+;/m0./s1. The van der Waals surface area contributed by atoms with E-state index < -0.39 is 0 Å². The molecule has 0 spiro atoms. The third-order valence-electron chi connectivity index (χ3n) is 3.50. The summed E-state index contributed by atoms with van der Waals surface area (Å²) in [5, 5.41) is 2.95. The largest absolute Gasteiger partial charge is 0.352 e. The van der Waals surface area contributed by atoms with Crippen molar-refractivity contribution in [3.05, 3.63) is 35.9 Å². The molecule has 3 nitrogen and oxygen atoms in total. The lowest BCUT2D eigenvalue weighted by Crippen LogP contribution is -2.31. The molecule has 1 aromatic carbocycles. The Morgan fingerprint density at radius 1 is 1.28 bits per heavy atom. The fourth-order valence-corrected chi connectivity index (χ4v) is 2.43. The van der Waals surface area contributed by atoms with Crippen molar-refractivity contribution < 1.29 is 4.79 Å². The summed E-state index contributed by atoms with van der Waals surface area (Å²) in [4.78, 5) is 11.8. The van der Waals surface area contributed by atoms with Gasteiger partial charge < -0.3 is 11.1 Å². The van der Waals surface area contributed by atoms with Crippen LogP contribution in [0.2, 0.25) is 0 Å². The van der Waals surface area contributed by atoms with Crippen LogP contribution in [0.15, 0.2) is 30.3 Å². The molecule has 1 saturated carbocycles. The van der Waals surface area contributed by atoms with Crippen LogP contribution >= 0.6 is 12.4 Å². The molecule has 0 saturated heterocycles. The van der Waals surface area contributed by atoms with Crippen molar-refractivity contribution in [2.45, 2.75) is 38.3 Å². The molecule has 100 valence electrons. The van der Waals surface area contributed by atoms with E-state index in [1.165, 1.54) is 0 Å². The minimum absolute atomic E-state index is 0. The molecular formula is C14H21ClN2O. The SMILES string of the molecule is Cl.N[C@@H]1CCC[C@H]1CC(=O)NCc1ccccc1. The zero-order valence-corrected chi connectivity index (χ0v) is 11.3. The van der Waals surface area contributed by atoms with Crippen LogP contribution in [-0.4, -0.2) is 11.9 Å². The van der Waals surface area contributed by atoms with E-state index in [0.717, 1.165) is 24.8 Å². The first-order chi connectivity index (χ1) is 8.25. The maximum Gasteiger partial charge on any atom is 0.220 e. The molecule has 1 aliphatic rings. The lowest BCUT2D eigenvalue weighted by atomic mass is 10.00. The first kappa shape index (κ1) is 15.0. The highest BCUT2D eigenvalue weighted by atomic mass is 35.5. The van der Waals surface area contributed by atoms with Gasteiger partial charge in [0.2, 0.25) is 5.91 Å². The van der Waals surface area contributed by atoms with Gasteiger partial charge in [0.25, 0.3) is 0 Å². The third kappa shape index (κ3) is 4.31. The van der Waals surface area contributed by atoms with E-state index in [1.807, 2.05) is 30.3 Å². The van der Waals surface area contributed by atoms with Crippen LogP contribution in [0.3, 0.4) is 0 Å². The van der Waals surface area contributed by atoms with Gasteiger partial charge in [-0.2, -0.15) is 0 Å². The molecule has 1 amide bonds. The van der Waals surface area contributed by atoms with Gasteiger partial charge in [0.15, 0.2) is 0 Å². The Labute approximate surface area is 115 Å². The summed E-state index contributed by atoms with van der Waals surface area (Å²) in [5.74, 6) is 0.502. The first-order valence-corrected chi connectivity index (χ1v) is 6.32. The molecule has 0 heterocycles. The first-order valence-electron chi connectivity index (χ1n) is 6.32. The summed E-state index contributed by atoms with van der Waals surface area (Å²) in [6, 6.07) is 10.2. The quantitative estimate of drug-likeness (QED) is 0.880. The summed E-state index contributed by atoms with van der Waals surface area (Å²) >= 11 is 0. The molecule has 3 N–H and O–H groups in total. The van der Waals surface area contributed by atoms with Gasteiger partial charge in [-0.05, 0) is 24.3 Å². The average molecular weight is 269 g/mol. The van der Waals surface area contributed by atoms with Gasteiger partial charge in [-0.15, -0.1) is 12.4 Å². The third-order valence-corrected chi connectivity index (χ3v) is 3.50. The van der Waals surface area contributed by atoms with Crippen molar-refractivity contribution in [3.8, 4) is 0 Å². The van der Waals surface area contributed by atoms with Crippen molar-refractivity contribution in [2.75, 3.05) is 0 Å². The second kappa shape index (κ2) is 7.39. The molecule has 0 radical (unpaired) electrons. The fourth-order valence-electron chi connectivity index (χ4n) is 2.43. The smallest absolute Gasteiger partial charge is 0.220 e. The predicted molar refractivity (Wildman–Crippen MR) is 75.5 cm³/mol. The number of hydrogen-bond acceptors (Lipinski definition) is 2. The zero-order chi connectivity index (χ0) is 12.1. The van der Waals surface area contributed by atoms with Crippen LogP contribution in [0.5, 0.6) is 0 Å². The molecule has 1 aromatic rings. The van der Waals surface area contributed by atoms with E-state index in [1.54, 1.807) is 0 Å². The number of hydrogen-bond donors (Lipinski definition) is 2. The number of halogens is 1. The van der Waals surface area contributed by atoms with E-state index in [9.17, 15) is 4.79 Å². The Morgan fingerprint density at radius 2 is 2.00 bits per heavy atom. The number of benzene rings is 1. The van der Waals surface area contributed by atoms with Crippen molar-refractivity contribution in [1.82, 2.24) is 5.32 Å². The fraction of sp³-hybridized carbons (Fsp3) is 0.500. The highest BCUT2D eigenvalue weighted by Crippen LogP contribution is 2.26. The lowest BCUT2D eigenvalue weighted by Gasteiger charge is -2.14. The van der Waals surface area contributed by atoms with Gasteiger partial charge in [-0.1, -0.05) is 36.8 Å². The van der Waals surface area contributed by atoms with E-state index >= 15 is 0 Å². The number of carbonyl (C=O) groups is 1. The number of nitrogens with two attached hydrogens (primary N) is 1. The van der Waals surface area contributed by atoms with Crippen LogP contribution in [0, 0.1) is 5.92 Å². The number of rotatable bonds is 4. The molecule has 0 bridgehead atoms. The Bertz CT molecular complexity index is 369. The van der Waals surface area contributed by atoms with Gasteiger partial charge in [0, 0.05) is 19.0 Å². The number of amides is 1. The minimum Gasteiger partial charge on any atom is -0.352 e. The van der Waals surface area contributed by atoms with Gasteiger partial charge >= 0.3 is 0 Å². The number of nitrogens with one attached hydrogen (secondary N) is 1. The summed E-state index contributed by atoms with van der Waals surface area (Å²) in [6.07, 6.45) is 3.91. The van der Waals surface area contributed by atoms with Crippen LogP contribution in [0.1, 0.15) is 31.2 Å². The Hall–Kier alpha value is -1.06. The Kier molecular flexibility index (Phi) is 6.16. The Balaban J connectivity index is 0.00000162. The van der Waals surface area contributed by atoms with Crippen LogP contribution in [0.25, 0.3) is 0 Å². The molecule has 2 rings (SSSR count). The van der Waals surface area contributed by atoms with Crippen molar-refractivity contribution >= 4 is 18.3 Å². The summed E-state index contributed by atoms with van der Waals surface area (Å²) in [7, 11) is 0. The monoisotopic (exact) mass is 268 g/mol. The topological polar surface area (TPSA) is 55.1 Å². The molecule has 1 aliphatic carbocycles. The summed E-state index contributed by atoms with van der Waals surface area (Å²) in [6.45, 7) is 0.613. The molecule has 0 unspecified atom stereocenters. The highest BCUT2D eigenvalue weighted by molar-refractivity contribution is 5.85. The normalized spacial score (nSPS) is 22.3. The summed E-state index contributed by atoms with van der Waals surface area (Å²) in [5.41, 5.74) is 7.09. The van der Waals surface area contributed by atoms with Crippen molar-refractivity contribution in [1.29, 1.82) is 0 Å². The van der Waals surface area contributed by atoms with Crippen LogP contribution in [0.4, 0.5) is 0 Å². The van der Waals surface area contributed by atoms with E-state index in [4.69, 9.17) is 5.73 Å². The van der Waals surface area contributed by atoms with Gasteiger partial charge in [0.05, 0.1) is 0 Å². The zero-order valence-electron chi connectivity index (χ0n) is 10.5. The molecular weight excluding hydrogens is 248 g/mol. The maximum atomic E-state index is 11.8. The summed E-state index contributed by atoms with van der Waals surface area (Å²) < 4.78 is 0. The minimum atomic E-state index is 0. The predicted octanol–water partition coefficient (Wildman–Crippen LogP) is 2.24. The molecule has 1 fully saturated rings. The molecule has 18 heavy (non-hydrogen) atoms. The second-order valence-corrected chi connectivity index (χ2v) is 4.82. The van der Waals surface area contributed by atoms with E-state index in [-0.39, 0.29) is 24.4 Å². The average Bonchev–Trinajstić information content (AvgIpc) is 2.74. The molecule has 0 aliphatic heterocycles. The van der Waals surface area contributed by atoms with E-state index in [2.05, 4.69) is 5.32 Å².